The number of rotatable bonds is 55. The zero-order valence-corrected chi connectivity index (χ0v) is 46.9. The smallest absolute Gasteiger partial charge is 0.306 e. The van der Waals surface area contributed by atoms with Gasteiger partial charge in [-0.2, -0.15) is 0 Å². The second-order valence-corrected chi connectivity index (χ2v) is 22.3. The lowest BCUT2D eigenvalue weighted by molar-refractivity contribution is -0.167. The molecule has 68 heavy (non-hydrogen) atoms. The molecule has 0 aliphatic rings. The van der Waals surface area contributed by atoms with Crippen LogP contribution in [-0.4, -0.2) is 37.2 Å². The average molecular weight is 962 g/mol. The van der Waals surface area contributed by atoms with Crippen molar-refractivity contribution in [3.05, 3.63) is 0 Å². The van der Waals surface area contributed by atoms with E-state index < -0.39 is 6.10 Å². The number of carbonyl (C=O) groups excluding carboxylic acids is 3. The van der Waals surface area contributed by atoms with E-state index in [1.54, 1.807) is 0 Å². The first-order chi connectivity index (χ1) is 33.2. The average Bonchev–Trinajstić information content (AvgIpc) is 3.33. The molecule has 0 aromatic heterocycles. The molecule has 3 atom stereocenters. The first kappa shape index (κ1) is 66.4. The monoisotopic (exact) mass is 961 g/mol. The number of hydrogen-bond acceptors (Lipinski definition) is 6. The van der Waals surface area contributed by atoms with Gasteiger partial charge in [-0.15, -0.1) is 0 Å². The van der Waals surface area contributed by atoms with Gasteiger partial charge in [0, 0.05) is 19.3 Å². The number of esters is 3. The number of unbranched alkanes of at least 4 members (excludes halogenated alkanes) is 36. The zero-order valence-electron chi connectivity index (χ0n) is 46.9. The van der Waals surface area contributed by atoms with E-state index in [1.165, 1.54) is 225 Å². The van der Waals surface area contributed by atoms with Crippen LogP contribution < -0.4 is 0 Å². The number of carbonyl (C=O) groups is 3. The van der Waals surface area contributed by atoms with Crippen LogP contribution in [0.2, 0.25) is 0 Å². The Balaban J connectivity index is 4.20. The third-order valence-electron chi connectivity index (χ3n) is 14.9. The molecule has 2 unspecified atom stereocenters. The Morgan fingerprint density at radius 3 is 0.765 bits per heavy atom. The number of ether oxygens (including phenoxy) is 3. The Kier molecular flexibility index (Phi) is 52.0. The van der Waals surface area contributed by atoms with Crippen molar-refractivity contribution in [2.24, 2.45) is 17.8 Å². The van der Waals surface area contributed by atoms with Crippen LogP contribution in [-0.2, 0) is 28.6 Å². The minimum Gasteiger partial charge on any atom is -0.462 e. The summed E-state index contributed by atoms with van der Waals surface area (Å²) in [7, 11) is 0. The summed E-state index contributed by atoms with van der Waals surface area (Å²) in [6, 6.07) is 0. The molecule has 0 N–H and O–H groups in total. The van der Waals surface area contributed by atoms with Crippen molar-refractivity contribution in [3.63, 3.8) is 0 Å². The fraction of sp³-hybridized carbons (Fsp3) is 0.952. The van der Waals surface area contributed by atoms with Crippen molar-refractivity contribution in [2.75, 3.05) is 13.2 Å². The van der Waals surface area contributed by atoms with Crippen molar-refractivity contribution in [1.82, 2.24) is 0 Å². The van der Waals surface area contributed by atoms with Crippen LogP contribution in [0.5, 0.6) is 0 Å². The van der Waals surface area contributed by atoms with E-state index in [-0.39, 0.29) is 31.1 Å². The van der Waals surface area contributed by atoms with Crippen molar-refractivity contribution in [1.29, 1.82) is 0 Å². The molecular weight excluding hydrogens is 841 g/mol. The quantitative estimate of drug-likeness (QED) is 0.0343. The predicted octanol–water partition coefficient (Wildman–Crippen LogP) is 20.3. The van der Waals surface area contributed by atoms with Gasteiger partial charge in [0.2, 0.25) is 0 Å². The van der Waals surface area contributed by atoms with Gasteiger partial charge in [-0.3, -0.25) is 14.4 Å². The maximum absolute atomic E-state index is 12.9. The second kappa shape index (κ2) is 53.2. The Hall–Kier alpha value is -1.59. The van der Waals surface area contributed by atoms with Crippen LogP contribution in [0.15, 0.2) is 0 Å². The Bertz CT molecular complexity index is 1060. The molecule has 0 fully saturated rings. The minimum absolute atomic E-state index is 0.0637. The van der Waals surface area contributed by atoms with Gasteiger partial charge < -0.3 is 14.2 Å². The molecule has 6 heteroatoms. The first-order valence-electron chi connectivity index (χ1n) is 30.7. The molecule has 0 radical (unpaired) electrons. The maximum atomic E-state index is 12.9. The molecule has 0 rings (SSSR count). The van der Waals surface area contributed by atoms with Crippen LogP contribution in [0.3, 0.4) is 0 Å². The van der Waals surface area contributed by atoms with Crippen molar-refractivity contribution in [2.45, 2.75) is 349 Å². The summed E-state index contributed by atoms with van der Waals surface area (Å²) in [4.78, 5) is 38.2. The predicted molar refractivity (Wildman–Crippen MR) is 293 cm³/mol. The molecule has 0 bridgehead atoms. The highest BCUT2D eigenvalue weighted by molar-refractivity contribution is 5.71. The van der Waals surface area contributed by atoms with E-state index in [1.807, 2.05) is 0 Å². The summed E-state index contributed by atoms with van der Waals surface area (Å²) in [5, 5.41) is 0. The molecule has 0 aliphatic heterocycles. The number of hydrogen-bond donors (Lipinski definition) is 0. The van der Waals surface area contributed by atoms with Gasteiger partial charge in [0.15, 0.2) is 6.10 Å². The molecule has 404 valence electrons. The van der Waals surface area contributed by atoms with Crippen molar-refractivity contribution >= 4 is 17.9 Å². The summed E-state index contributed by atoms with van der Waals surface area (Å²) in [5.41, 5.74) is 0. The van der Waals surface area contributed by atoms with Crippen LogP contribution in [0.25, 0.3) is 0 Å². The minimum atomic E-state index is -0.764. The molecule has 6 nitrogen and oxygen atoms in total. The van der Waals surface area contributed by atoms with E-state index in [0.717, 1.165) is 75.5 Å². The highest BCUT2D eigenvalue weighted by Gasteiger charge is 2.19. The van der Waals surface area contributed by atoms with Gasteiger partial charge in [0.05, 0.1) is 0 Å². The standard InChI is InChI=1S/C62H120O6/c1-7-57(5)49-43-37-31-25-21-17-13-11-9-10-12-14-19-23-27-33-39-45-51-60(63)66-54-59(55-67-61(64)52-46-40-35-29-30-36-42-48-56(3)4)68-62(65)53-47-41-34-28-24-20-16-15-18-22-26-32-38-44-50-58(6)8-2/h56-59H,7-55H2,1-6H3/t57?,58?,59-/m0/s1. The zero-order chi connectivity index (χ0) is 49.8. The van der Waals surface area contributed by atoms with Crippen molar-refractivity contribution < 1.29 is 28.6 Å². The lowest BCUT2D eigenvalue weighted by Gasteiger charge is -2.18. The molecule has 0 amide bonds. The van der Waals surface area contributed by atoms with Crippen LogP contribution in [0.4, 0.5) is 0 Å². The van der Waals surface area contributed by atoms with E-state index in [0.29, 0.717) is 19.3 Å². The topological polar surface area (TPSA) is 78.9 Å². The fourth-order valence-electron chi connectivity index (χ4n) is 9.47. The molecule has 0 aliphatic carbocycles. The van der Waals surface area contributed by atoms with Crippen LogP contribution in [0, 0.1) is 17.8 Å². The van der Waals surface area contributed by atoms with Gasteiger partial charge in [-0.1, -0.05) is 305 Å². The van der Waals surface area contributed by atoms with E-state index >= 15 is 0 Å². The lowest BCUT2D eigenvalue weighted by atomic mass is 9.99. The van der Waals surface area contributed by atoms with Gasteiger partial charge in [0.1, 0.15) is 13.2 Å². The van der Waals surface area contributed by atoms with Crippen LogP contribution in [0.1, 0.15) is 343 Å². The van der Waals surface area contributed by atoms with Gasteiger partial charge in [0.25, 0.3) is 0 Å². The van der Waals surface area contributed by atoms with Crippen molar-refractivity contribution in [3.8, 4) is 0 Å². The summed E-state index contributed by atoms with van der Waals surface area (Å²) in [5.74, 6) is 1.74. The largest absolute Gasteiger partial charge is 0.462 e. The molecule has 0 spiro atoms. The van der Waals surface area contributed by atoms with Gasteiger partial charge in [-0.25, -0.2) is 0 Å². The van der Waals surface area contributed by atoms with Crippen LogP contribution >= 0.6 is 0 Å². The molecule has 0 aromatic carbocycles. The first-order valence-corrected chi connectivity index (χ1v) is 30.7. The normalized spacial score (nSPS) is 12.9. The molecule has 0 heterocycles. The summed E-state index contributed by atoms with van der Waals surface area (Å²) in [6.07, 6.45) is 56.7. The summed E-state index contributed by atoms with van der Waals surface area (Å²) >= 11 is 0. The highest BCUT2D eigenvalue weighted by atomic mass is 16.6. The third kappa shape index (κ3) is 52.2. The summed E-state index contributed by atoms with van der Waals surface area (Å²) in [6.45, 7) is 13.8. The van der Waals surface area contributed by atoms with E-state index in [2.05, 4.69) is 41.5 Å². The third-order valence-corrected chi connectivity index (χ3v) is 14.9. The maximum Gasteiger partial charge on any atom is 0.306 e. The van der Waals surface area contributed by atoms with Gasteiger partial charge in [-0.05, 0) is 37.0 Å². The summed E-state index contributed by atoms with van der Waals surface area (Å²) < 4.78 is 16.9. The van der Waals surface area contributed by atoms with E-state index in [4.69, 9.17) is 14.2 Å². The second-order valence-electron chi connectivity index (χ2n) is 22.3. The highest BCUT2D eigenvalue weighted by Crippen LogP contribution is 2.19. The van der Waals surface area contributed by atoms with E-state index in [9.17, 15) is 14.4 Å². The SMILES string of the molecule is CCC(C)CCCCCCCCCCCCCCCCCCCCC(=O)OC[C@@H](COC(=O)CCCCCCCCCC(C)C)OC(=O)CCCCCCCCCCCCCCCCC(C)CC. The molecular formula is C62H120O6. The molecule has 0 aromatic rings. The molecule has 0 saturated heterocycles. The fourth-order valence-corrected chi connectivity index (χ4v) is 9.47. The Morgan fingerprint density at radius 1 is 0.294 bits per heavy atom. The Morgan fingerprint density at radius 2 is 0.515 bits per heavy atom. The molecule has 0 saturated carbocycles. The Labute approximate surface area is 425 Å². The van der Waals surface area contributed by atoms with Gasteiger partial charge >= 0.3 is 17.9 Å². The lowest BCUT2D eigenvalue weighted by Crippen LogP contribution is -2.30.